The molecule has 2 nitrogen and oxygen atoms in total. The number of hydrogen-bond donors (Lipinski definition) is 1. The highest BCUT2D eigenvalue weighted by Gasteiger charge is 2.32. The van der Waals surface area contributed by atoms with Crippen LogP contribution >= 0.6 is 0 Å². The van der Waals surface area contributed by atoms with Gasteiger partial charge < -0.3 is 10.6 Å². The monoisotopic (exact) mass is 218 g/mol. The van der Waals surface area contributed by atoms with Crippen LogP contribution in [0.3, 0.4) is 0 Å². The number of nitrogens with zero attached hydrogens (tertiary/aromatic N) is 1. The van der Waals surface area contributed by atoms with Crippen molar-refractivity contribution in [1.82, 2.24) is 4.90 Å². The van der Waals surface area contributed by atoms with E-state index in [1.807, 2.05) is 12.1 Å². The van der Waals surface area contributed by atoms with Gasteiger partial charge in [-0.05, 0) is 49.4 Å². The van der Waals surface area contributed by atoms with Gasteiger partial charge in [0.1, 0.15) is 0 Å². The summed E-state index contributed by atoms with van der Waals surface area (Å²) >= 11 is 0. The van der Waals surface area contributed by atoms with Crippen LogP contribution < -0.4 is 5.73 Å². The van der Waals surface area contributed by atoms with Gasteiger partial charge in [-0.2, -0.15) is 0 Å². The van der Waals surface area contributed by atoms with Crippen LogP contribution in [-0.2, 0) is 6.42 Å². The van der Waals surface area contributed by atoms with Gasteiger partial charge in [0.2, 0.25) is 0 Å². The first-order valence-electron chi connectivity index (χ1n) is 6.18. The van der Waals surface area contributed by atoms with E-state index in [9.17, 15) is 0 Å². The molecule has 1 aliphatic carbocycles. The fraction of sp³-hybridized carbons (Fsp3) is 0.571. The third-order valence-corrected chi connectivity index (χ3v) is 3.58. The van der Waals surface area contributed by atoms with Gasteiger partial charge in [-0.3, -0.25) is 0 Å². The Morgan fingerprint density at radius 2 is 1.94 bits per heavy atom. The van der Waals surface area contributed by atoms with E-state index in [-0.39, 0.29) is 0 Å². The molecule has 0 heterocycles. The van der Waals surface area contributed by atoms with Gasteiger partial charge in [0.05, 0.1) is 0 Å². The Hall–Kier alpha value is -1.02. The molecule has 0 saturated heterocycles. The largest absolute Gasteiger partial charge is 0.399 e. The van der Waals surface area contributed by atoms with Crippen LogP contribution in [0.25, 0.3) is 0 Å². The van der Waals surface area contributed by atoms with Gasteiger partial charge in [0.25, 0.3) is 0 Å². The van der Waals surface area contributed by atoms with Crippen molar-refractivity contribution in [3.63, 3.8) is 0 Å². The minimum atomic E-state index is 0.851. The Balaban J connectivity index is 1.72. The third kappa shape index (κ3) is 3.24. The fourth-order valence-electron chi connectivity index (χ4n) is 2.15. The summed E-state index contributed by atoms with van der Waals surface area (Å²) < 4.78 is 0. The molecule has 0 aromatic heterocycles. The van der Waals surface area contributed by atoms with E-state index in [2.05, 4.69) is 31.0 Å². The lowest BCUT2D eigenvalue weighted by Crippen LogP contribution is -2.24. The van der Waals surface area contributed by atoms with Crippen molar-refractivity contribution in [3.05, 3.63) is 29.8 Å². The van der Waals surface area contributed by atoms with Crippen LogP contribution in [0.4, 0.5) is 5.69 Å². The van der Waals surface area contributed by atoms with Crippen LogP contribution in [0.2, 0.25) is 0 Å². The highest BCUT2D eigenvalue weighted by atomic mass is 15.1. The molecule has 1 aliphatic rings. The summed E-state index contributed by atoms with van der Waals surface area (Å²) in [4.78, 5) is 2.45. The van der Waals surface area contributed by atoms with Crippen molar-refractivity contribution in [1.29, 1.82) is 0 Å². The molecule has 2 heteroatoms. The summed E-state index contributed by atoms with van der Waals surface area (Å²) in [5, 5.41) is 0. The zero-order valence-electron chi connectivity index (χ0n) is 10.3. The maximum absolute atomic E-state index is 5.66. The molecule has 1 saturated carbocycles. The lowest BCUT2D eigenvalue weighted by Gasteiger charge is -2.16. The van der Waals surface area contributed by atoms with Gasteiger partial charge in [-0.1, -0.05) is 19.1 Å². The average Bonchev–Trinajstić information content (AvgIpc) is 2.93. The quantitative estimate of drug-likeness (QED) is 0.769. The van der Waals surface area contributed by atoms with Crippen LogP contribution in [0.5, 0.6) is 0 Å². The summed E-state index contributed by atoms with van der Waals surface area (Å²) in [6.45, 7) is 4.75. The molecule has 1 fully saturated rings. The van der Waals surface area contributed by atoms with Crippen LogP contribution in [0, 0.1) is 11.8 Å². The molecule has 1 aromatic carbocycles. The van der Waals surface area contributed by atoms with E-state index in [4.69, 9.17) is 5.73 Å². The molecule has 0 bridgehead atoms. The van der Waals surface area contributed by atoms with E-state index in [0.717, 1.165) is 30.5 Å². The van der Waals surface area contributed by atoms with Crippen molar-refractivity contribution in [2.24, 2.45) is 11.8 Å². The first-order valence-corrected chi connectivity index (χ1v) is 6.18. The van der Waals surface area contributed by atoms with E-state index in [1.165, 1.54) is 18.5 Å². The van der Waals surface area contributed by atoms with Gasteiger partial charge in [-0.25, -0.2) is 0 Å². The summed E-state index contributed by atoms with van der Waals surface area (Å²) in [7, 11) is 2.22. The summed E-state index contributed by atoms with van der Waals surface area (Å²) in [5.74, 6) is 1.91. The topological polar surface area (TPSA) is 29.3 Å². The Labute approximate surface area is 98.4 Å². The number of benzene rings is 1. The summed E-state index contributed by atoms with van der Waals surface area (Å²) in [6.07, 6.45) is 2.55. The second-order valence-corrected chi connectivity index (χ2v) is 5.23. The third-order valence-electron chi connectivity index (χ3n) is 3.58. The maximum Gasteiger partial charge on any atom is 0.0314 e. The maximum atomic E-state index is 5.66. The predicted molar refractivity (Wildman–Crippen MR) is 69.3 cm³/mol. The lowest BCUT2D eigenvalue weighted by molar-refractivity contribution is 0.319. The number of rotatable bonds is 5. The molecule has 1 aromatic rings. The number of likely N-dealkylation sites (N-methyl/N-ethyl adjacent to an activating group) is 1. The molecular formula is C14H22N2. The van der Waals surface area contributed by atoms with E-state index < -0.39 is 0 Å². The number of hydrogen-bond acceptors (Lipinski definition) is 2. The highest BCUT2D eigenvalue weighted by Crippen LogP contribution is 2.37. The first kappa shape index (κ1) is 11.5. The molecule has 0 radical (unpaired) electrons. The van der Waals surface area contributed by atoms with E-state index in [1.54, 1.807) is 0 Å². The van der Waals surface area contributed by atoms with Gasteiger partial charge in [0, 0.05) is 18.8 Å². The molecule has 2 N–H and O–H groups in total. The van der Waals surface area contributed by atoms with Crippen molar-refractivity contribution in [3.8, 4) is 0 Å². The molecule has 16 heavy (non-hydrogen) atoms. The van der Waals surface area contributed by atoms with Gasteiger partial charge in [-0.15, -0.1) is 0 Å². The van der Waals surface area contributed by atoms with Crippen molar-refractivity contribution in [2.75, 3.05) is 25.9 Å². The molecule has 0 aliphatic heterocycles. The number of nitrogens with two attached hydrogens (primary N) is 1. The minimum Gasteiger partial charge on any atom is -0.399 e. The average molecular weight is 218 g/mol. The van der Waals surface area contributed by atoms with Crippen LogP contribution in [-0.4, -0.2) is 25.0 Å². The van der Waals surface area contributed by atoms with Crippen molar-refractivity contribution < 1.29 is 0 Å². The summed E-state index contributed by atoms with van der Waals surface area (Å²) in [5.41, 5.74) is 7.89. The number of nitrogen functional groups attached to an aromatic ring is 1. The Kier molecular flexibility index (Phi) is 3.49. The smallest absolute Gasteiger partial charge is 0.0314 e. The summed E-state index contributed by atoms with van der Waals surface area (Å²) in [6, 6.07) is 8.22. The van der Waals surface area contributed by atoms with Gasteiger partial charge in [0.15, 0.2) is 0 Å². The van der Waals surface area contributed by atoms with E-state index >= 15 is 0 Å². The van der Waals surface area contributed by atoms with Crippen molar-refractivity contribution in [2.45, 2.75) is 19.8 Å². The zero-order valence-corrected chi connectivity index (χ0v) is 10.3. The SMILES string of the molecule is CC1CC1CN(C)CCc1ccc(N)cc1. The molecule has 0 spiro atoms. The molecule has 2 atom stereocenters. The van der Waals surface area contributed by atoms with Crippen LogP contribution in [0.15, 0.2) is 24.3 Å². The second-order valence-electron chi connectivity index (χ2n) is 5.23. The van der Waals surface area contributed by atoms with Crippen LogP contribution in [0.1, 0.15) is 18.9 Å². The fourth-order valence-corrected chi connectivity index (χ4v) is 2.15. The zero-order chi connectivity index (χ0) is 11.5. The Morgan fingerprint density at radius 3 is 2.50 bits per heavy atom. The normalized spacial score (nSPS) is 23.7. The first-order chi connectivity index (χ1) is 7.65. The molecule has 88 valence electrons. The molecular weight excluding hydrogens is 196 g/mol. The standard InChI is InChI=1S/C14H22N2/c1-11-9-13(11)10-16(2)8-7-12-3-5-14(15)6-4-12/h3-6,11,13H,7-10,15H2,1-2H3. The van der Waals surface area contributed by atoms with Gasteiger partial charge >= 0.3 is 0 Å². The molecule has 0 amide bonds. The number of anilines is 1. The van der Waals surface area contributed by atoms with Crippen molar-refractivity contribution >= 4 is 5.69 Å². The Morgan fingerprint density at radius 1 is 1.31 bits per heavy atom. The van der Waals surface area contributed by atoms with E-state index in [0.29, 0.717) is 0 Å². The second kappa shape index (κ2) is 4.88. The minimum absolute atomic E-state index is 0.851. The Bertz CT molecular complexity index is 331. The molecule has 2 rings (SSSR count). The molecule has 2 unspecified atom stereocenters. The highest BCUT2D eigenvalue weighted by molar-refractivity contribution is 5.39. The predicted octanol–water partition coefficient (Wildman–Crippen LogP) is 2.40. The lowest BCUT2D eigenvalue weighted by atomic mass is 10.1.